The molecule has 2 aromatic carbocycles. The van der Waals surface area contributed by atoms with Gasteiger partial charge in [0.2, 0.25) is 0 Å². The first-order valence-electron chi connectivity index (χ1n) is 9.88. The Morgan fingerprint density at radius 2 is 1.91 bits per heavy atom. The van der Waals surface area contributed by atoms with Gasteiger partial charge in [0.05, 0.1) is 39.2 Å². The summed E-state index contributed by atoms with van der Waals surface area (Å²) in [4.78, 5) is 32.1. The van der Waals surface area contributed by atoms with E-state index < -0.39 is 10.8 Å². The molecule has 5 aromatic rings. The number of imidazole rings is 1. The molecule has 5 rings (SSSR count). The Morgan fingerprint density at radius 3 is 2.70 bits per heavy atom. The second kappa shape index (κ2) is 7.96. The van der Waals surface area contributed by atoms with Crippen molar-refractivity contribution in [1.82, 2.24) is 29.5 Å². The van der Waals surface area contributed by atoms with Gasteiger partial charge in [-0.3, -0.25) is 19.5 Å². The molecule has 162 valence electrons. The number of carbonyl (C=O) groups excluding carboxylic acids is 1. The normalized spacial score (nSPS) is 10.9. The van der Waals surface area contributed by atoms with E-state index in [1.54, 1.807) is 43.7 Å². The number of non-ortho nitro benzene ring substituents is 1. The molecular formula is C22H16N8O3. The van der Waals surface area contributed by atoms with Crippen LogP contribution in [0.15, 0.2) is 73.2 Å². The van der Waals surface area contributed by atoms with Gasteiger partial charge < -0.3 is 5.32 Å². The lowest BCUT2D eigenvalue weighted by Crippen LogP contribution is -2.14. The molecule has 11 nitrogen and oxygen atoms in total. The molecule has 3 aromatic heterocycles. The molecule has 3 heterocycles. The second-order valence-electron chi connectivity index (χ2n) is 7.17. The smallest absolute Gasteiger partial charge is 0.278 e. The average Bonchev–Trinajstić information content (AvgIpc) is 3.43. The van der Waals surface area contributed by atoms with Gasteiger partial charge in [0.15, 0.2) is 5.69 Å². The summed E-state index contributed by atoms with van der Waals surface area (Å²) < 4.78 is 3.24. The number of pyridine rings is 1. The number of nitrogens with one attached hydrogen (secondary N) is 1. The van der Waals surface area contributed by atoms with E-state index in [2.05, 4.69) is 25.6 Å². The van der Waals surface area contributed by atoms with Crippen molar-refractivity contribution in [3.8, 4) is 11.5 Å². The molecule has 11 heteroatoms. The summed E-state index contributed by atoms with van der Waals surface area (Å²) >= 11 is 0. The molecule has 0 fully saturated rings. The van der Waals surface area contributed by atoms with Crippen LogP contribution in [0, 0.1) is 17.0 Å². The van der Waals surface area contributed by atoms with Crippen LogP contribution in [-0.4, -0.2) is 40.4 Å². The minimum absolute atomic E-state index is 0.0785. The summed E-state index contributed by atoms with van der Waals surface area (Å²) in [6.07, 6.45) is 3.24. The molecule has 0 bridgehead atoms. The van der Waals surface area contributed by atoms with Crippen molar-refractivity contribution in [2.45, 2.75) is 6.92 Å². The van der Waals surface area contributed by atoms with Gasteiger partial charge in [-0.2, -0.15) is 0 Å². The highest BCUT2D eigenvalue weighted by Gasteiger charge is 2.19. The number of aromatic nitrogens is 6. The maximum Gasteiger partial charge on any atom is 0.278 e. The van der Waals surface area contributed by atoms with E-state index in [1.165, 1.54) is 16.8 Å². The van der Waals surface area contributed by atoms with Crippen molar-refractivity contribution in [1.29, 1.82) is 0 Å². The zero-order valence-electron chi connectivity index (χ0n) is 17.3. The van der Waals surface area contributed by atoms with Gasteiger partial charge in [-0.05, 0) is 37.3 Å². The molecule has 33 heavy (non-hydrogen) atoms. The maximum atomic E-state index is 12.8. The largest absolute Gasteiger partial charge is 0.319 e. The first-order chi connectivity index (χ1) is 16.0. The molecule has 0 radical (unpaired) electrons. The predicted octanol–water partition coefficient (Wildman–Crippen LogP) is 3.47. The number of fused-ring (bicyclic) bond motifs is 1. The standard InChI is InChI=1S/C22H16N8O3/c1-14-21(26-27-29(14)16-5-4-6-17(11-16)30(32)33)22(31)25-15-9-10-20(23-12-15)28-13-24-18-7-2-3-8-19(18)28/h2-13H,1H3,(H,25,31). The molecule has 0 aliphatic carbocycles. The number of rotatable bonds is 5. The lowest BCUT2D eigenvalue weighted by molar-refractivity contribution is -0.384. The molecular weight excluding hydrogens is 424 g/mol. The fourth-order valence-electron chi connectivity index (χ4n) is 3.46. The van der Waals surface area contributed by atoms with E-state index in [0.29, 0.717) is 22.9 Å². The Labute approximate surface area is 186 Å². The number of para-hydroxylation sites is 2. The van der Waals surface area contributed by atoms with Crippen LogP contribution in [-0.2, 0) is 0 Å². The van der Waals surface area contributed by atoms with Crippen molar-refractivity contribution in [3.63, 3.8) is 0 Å². The van der Waals surface area contributed by atoms with Crippen LogP contribution in [0.25, 0.3) is 22.5 Å². The zero-order chi connectivity index (χ0) is 22.9. The van der Waals surface area contributed by atoms with Gasteiger partial charge in [0, 0.05) is 12.1 Å². The first kappa shape index (κ1) is 20.0. The quantitative estimate of drug-likeness (QED) is 0.327. The van der Waals surface area contributed by atoms with Gasteiger partial charge in [0.25, 0.3) is 11.6 Å². The Hall–Kier alpha value is -4.93. The lowest BCUT2D eigenvalue weighted by Gasteiger charge is -2.07. The monoisotopic (exact) mass is 440 g/mol. The highest BCUT2D eigenvalue weighted by atomic mass is 16.6. The van der Waals surface area contributed by atoms with E-state index in [4.69, 9.17) is 0 Å². The van der Waals surface area contributed by atoms with Gasteiger partial charge in [-0.25, -0.2) is 14.6 Å². The van der Waals surface area contributed by atoms with Gasteiger partial charge in [-0.1, -0.05) is 23.4 Å². The third-order valence-corrected chi connectivity index (χ3v) is 5.10. The second-order valence-corrected chi connectivity index (χ2v) is 7.17. The Kier molecular flexibility index (Phi) is 4.83. The summed E-state index contributed by atoms with van der Waals surface area (Å²) in [6, 6.07) is 17.2. The topological polar surface area (TPSA) is 134 Å². The molecule has 0 saturated heterocycles. The molecule has 0 aliphatic heterocycles. The number of nitro groups is 1. The third kappa shape index (κ3) is 3.67. The fraction of sp³-hybridized carbons (Fsp3) is 0.0455. The Bertz CT molecular complexity index is 1500. The SMILES string of the molecule is Cc1c(C(=O)Nc2ccc(-n3cnc4ccccc43)nc2)nnn1-c1cccc([N+](=O)[O-])c1. The van der Waals surface area contributed by atoms with Crippen LogP contribution in [0.3, 0.4) is 0 Å². The minimum Gasteiger partial charge on any atom is -0.319 e. The maximum absolute atomic E-state index is 12.8. The van der Waals surface area contributed by atoms with E-state index >= 15 is 0 Å². The summed E-state index contributed by atoms with van der Waals surface area (Å²) in [6.45, 7) is 1.67. The van der Waals surface area contributed by atoms with E-state index in [9.17, 15) is 14.9 Å². The van der Waals surface area contributed by atoms with E-state index in [0.717, 1.165) is 11.0 Å². The summed E-state index contributed by atoms with van der Waals surface area (Å²) in [5.74, 6) is 0.196. The van der Waals surface area contributed by atoms with Crippen molar-refractivity contribution in [2.75, 3.05) is 5.32 Å². The highest BCUT2D eigenvalue weighted by Crippen LogP contribution is 2.20. The van der Waals surface area contributed by atoms with Crippen molar-refractivity contribution in [2.24, 2.45) is 0 Å². The van der Waals surface area contributed by atoms with Gasteiger partial charge >= 0.3 is 0 Å². The van der Waals surface area contributed by atoms with Crippen LogP contribution < -0.4 is 5.32 Å². The Morgan fingerprint density at radius 1 is 1.06 bits per heavy atom. The molecule has 0 saturated carbocycles. The molecule has 0 atom stereocenters. The fourth-order valence-corrected chi connectivity index (χ4v) is 3.46. The molecule has 0 aliphatic rings. The van der Waals surface area contributed by atoms with Crippen LogP contribution in [0.1, 0.15) is 16.2 Å². The van der Waals surface area contributed by atoms with E-state index in [-0.39, 0.29) is 11.4 Å². The Balaban J connectivity index is 1.36. The molecule has 1 N–H and O–H groups in total. The lowest BCUT2D eigenvalue weighted by atomic mass is 10.2. The average molecular weight is 440 g/mol. The van der Waals surface area contributed by atoms with Crippen LogP contribution >= 0.6 is 0 Å². The number of nitrogens with zero attached hydrogens (tertiary/aromatic N) is 7. The predicted molar refractivity (Wildman–Crippen MR) is 120 cm³/mol. The number of hydrogen-bond donors (Lipinski definition) is 1. The van der Waals surface area contributed by atoms with Crippen LogP contribution in [0.4, 0.5) is 11.4 Å². The van der Waals surface area contributed by atoms with Gasteiger partial charge in [-0.15, -0.1) is 5.10 Å². The van der Waals surface area contributed by atoms with Crippen molar-refractivity contribution < 1.29 is 9.72 Å². The molecule has 0 unspecified atom stereocenters. The minimum atomic E-state index is -0.493. The number of amides is 1. The summed E-state index contributed by atoms with van der Waals surface area (Å²) in [7, 11) is 0. The van der Waals surface area contributed by atoms with Crippen molar-refractivity contribution in [3.05, 3.63) is 94.7 Å². The number of hydrogen-bond acceptors (Lipinski definition) is 7. The molecule has 1 amide bonds. The number of anilines is 1. The summed E-state index contributed by atoms with van der Waals surface area (Å²) in [5, 5.41) is 21.7. The van der Waals surface area contributed by atoms with Crippen LogP contribution in [0.5, 0.6) is 0 Å². The number of benzene rings is 2. The van der Waals surface area contributed by atoms with Crippen LogP contribution in [0.2, 0.25) is 0 Å². The number of carbonyl (C=O) groups is 1. The summed E-state index contributed by atoms with van der Waals surface area (Å²) in [5.41, 5.74) is 3.18. The molecule has 0 spiro atoms. The third-order valence-electron chi connectivity index (χ3n) is 5.10. The first-order valence-corrected chi connectivity index (χ1v) is 9.88. The zero-order valence-corrected chi connectivity index (χ0v) is 17.3. The number of nitro benzene ring substituents is 1. The van der Waals surface area contributed by atoms with E-state index in [1.807, 2.05) is 28.8 Å². The van der Waals surface area contributed by atoms with Gasteiger partial charge in [0.1, 0.15) is 12.1 Å². The highest BCUT2D eigenvalue weighted by molar-refractivity contribution is 6.03. The van der Waals surface area contributed by atoms with Crippen molar-refractivity contribution >= 4 is 28.3 Å².